The van der Waals surface area contributed by atoms with Crippen molar-refractivity contribution >= 4 is 17.8 Å². The first kappa shape index (κ1) is 24.0. The molecule has 2 aromatic heterocycles. The van der Waals surface area contributed by atoms with Crippen molar-refractivity contribution < 1.29 is 19.1 Å². The second kappa shape index (κ2) is 9.75. The molecule has 2 aromatic rings. The van der Waals surface area contributed by atoms with Crippen LogP contribution in [-0.4, -0.2) is 68.0 Å². The first-order chi connectivity index (χ1) is 17.4. The molecule has 0 saturated heterocycles. The van der Waals surface area contributed by atoms with Gasteiger partial charge in [-0.05, 0) is 57.4 Å². The Balaban J connectivity index is 1.19. The predicted molar refractivity (Wildman–Crippen MR) is 129 cm³/mol. The van der Waals surface area contributed by atoms with Crippen LogP contribution in [0, 0.1) is 12.8 Å². The van der Waals surface area contributed by atoms with E-state index in [1.54, 1.807) is 24.4 Å². The van der Waals surface area contributed by atoms with E-state index in [-0.39, 0.29) is 12.1 Å². The largest absolute Gasteiger partial charge is 0.481 e. The third kappa shape index (κ3) is 4.71. The number of urea groups is 1. The van der Waals surface area contributed by atoms with E-state index in [0.717, 1.165) is 36.1 Å². The summed E-state index contributed by atoms with van der Waals surface area (Å²) in [5.74, 6) is 0.932. The number of ether oxygens (including phenoxy) is 2. The molecule has 4 heterocycles. The molecule has 12 nitrogen and oxygen atoms in total. The Labute approximate surface area is 209 Å². The molecule has 0 unspecified atom stereocenters. The van der Waals surface area contributed by atoms with Gasteiger partial charge in [0.05, 0.1) is 32.1 Å². The summed E-state index contributed by atoms with van der Waals surface area (Å²) < 4.78 is 12.9. The number of hydrogen-bond acceptors (Lipinski definition) is 8. The SMILES string of the molecule is COc1cc(C)c(C2=NNC(=O)OC23CCC(C[C@H](C)NC(=O)N2CCn4nncc4C2)CC3)cn1. The lowest BCUT2D eigenvalue weighted by molar-refractivity contribution is 0.0154. The molecule has 5 rings (SSSR count). The Morgan fingerprint density at radius 1 is 1.33 bits per heavy atom. The Hall–Kier alpha value is -3.70. The number of rotatable bonds is 5. The van der Waals surface area contributed by atoms with Crippen LogP contribution < -0.4 is 15.5 Å². The van der Waals surface area contributed by atoms with Gasteiger partial charge in [0.25, 0.3) is 0 Å². The average Bonchev–Trinajstić information content (AvgIpc) is 3.34. The molecule has 36 heavy (non-hydrogen) atoms. The zero-order valence-electron chi connectivity index (χ0n) is 20.9. The fraction of sp³-hybridized carbons (Fsp3) is 0.583. The van der Waals surface area contributed by atoms with E-state index in [1.807, 2.05) is 24.6 Å². The van der Waals surface area contributed by atoms with Gasteiger partial charge in [0.1, 0.15) is 5.71 Å². The Kier molecular flexibility index (Phi) is 6.50. The van der Waals surface area contributed by atoms with Gasteiger partial charge in [-0.3, -0.25) is 0 Å². The number of nitrogens with one attached hydrogen (secondary N) is 2. The van der Waals surface area contributed by atoms with Gasteiger partial charge >= 0.3 is 12.1 Å². The minimum atomic E-state index is -0.781. The van der Waals surface area contributed by atoms with Gasteiger partial charge in [0.15, 0.2) is 5.60 Å². The van der Waals surface area contributed by atoms with Crippen LogP contribution in [0.2, 0.25) is 0 Å². The van der Waals surface area contributed by atoms with Crippen LogP contribution in [0.4, 0.5) is 9.59 Å². The highest BCUT2D eigenvalue weighted by Gasteiger charge is 2.47. The Morgan fingerprint density at radius 2 is 2.14 bits per heavy atom. The van der Waals surface area contributed by atoms with Gasteiger partial charge in [-0.25, -0.2) is 24.7 Å². The molecule has 12 heteroatoms. The summed E-state index contributed by atoms with van der Waals surface area (Å²) in [6, 6.07) is 1.81. The third-order valence-corrected chi connectivity index (χ3v) is 7.42. The number of aromatic nitrogens is 4. The summed E-state index contributed by atoms with van der Waals surface area (Å²) >= 11 is 0. The molecule has 3 amide bonds. The lowest BCUT2D eigenvalue weighted by Gasteiger charge is -2.42. The van der Waals surface area contributed by atoms with Crippen molar-refractivity contribution in [2.24, 2.45) is 11.0 Å². The number of carbonyl (C=O) groups excluding carboxylic acids is 2. The Morgan fingerprint density at radius 3 is 2.89 bits per heavy atom. The van der Waals surface area contributed by atoms with Gasteiger partial charge in [0.2, 0.25) is 5.88 Å². The average molecular weight is 497 g/mol. The van der Waals surface area contributed by atoms with E-state index in [2.05, 4.69) is 31.1 Å². The quantitative estimate of drug-likeness (QED) is 0.649. The van der Waals surface area contributed by atoms with Crippen molar-refractivity contribution in [3.63, 3.8) is 0 Å². The van der Waals surface area contributed by atoms with Crippen LogP contribution in [0.3, 0.4) is 0 Å². The molecule has 1 atom stereocenters. The maximum Gasteiger partial charge on any atom is 0.428 e. The van der Waals surface area contributed by atoms with Crippen LogP contribution in [0.25, 0.3) is 0 Å². The number of fused-ring (bicyclic) bond motifs is 1. The molecule has 192 valence electrons. The van der Waals surface area contributed by atoms with Crippen LogP contribution in [0.1, 0.15) is 55.8 Å². The van der Waals surface area contributed by atoms with Crippen LogP contribution in [-0.2, 0) is 17.8 Å². The van der Waals surface area contributed by atoms with Crippen LogP contribution in [0.15, 0.2) is 23.6 Å². The van der Waals surface area contributed by atoms with Gasteiger partial charge in [-0.15, -0.1) is 5.10 Å². The number of nitrogens with zero attached hydrogens (tertiary/aromatic N) is 6. The molecule has 0 bridgehead atoms. The van der Waals surface area contributed by atoms with Crippen molar-refractivity contribution in [1.82, 2.24) is 35.6 Å². The number of pyridine rings is 1. The first-order valence-electron chi connectivity index (χ1n) is 12.4. The second-order valence-corrected chi connectivity index (χ2v) is 9.90. The van der Waals surface area contributed by atoms with Crippen LogP contribution >= 0.6 is 0 Å². The summed E-state index contributed by atoms with van der Waals surface area (Å²) in [6.07, 6.45) is 6.82. The molecule has 1 aliphatic carbocycles. The molecule has 0 radical (unpaired) electrons. The lowest BCUT2D eigenvalue weighted by atomic mass is 9.72. The van der Waals surface area contributed by atoms with Crippen molar-refractivity contribution in [2.45, 2.75) is 70.7 Å². The molecule has 1 saturated carbocycles. The minimum absolute atomic E-state index is 0.0262. The molecule has 3 aliphatic rings. The number of amides is 3. The van der Waals surface area contributed by atoms with Crippen molar-refractivity contribution in [3.05, 3.63) is 35.3 Å². The van der Waals surface area contributed by atoms with E-state index < -0.39 is 11.7 Å². The third-order valence-electron chi connectivity index (χ3n) is 7.42. The number of carbonyl (C=O) groups is 2. The van der Waals surface area contributed by atoms with Crippen molar-refractivity contribution in [1.29, 1.82) is 0 Å². The van der Waals surface area contributed by atoms with E-state index in [1.165, 1.54) is 0 Å². The summed E-state index contributed by atoms with van der Waals surface area (Å²) in [6.45, 7) is 5.79. The van der Waals surface area contributed by atoms with Gasteiger partial charge in [0, 0.05) is 30.4 Å². The van der Waals surface area contributed by atoms with Gasteiger partial charge < -0.3 is 19.7 Å². The highest BCUT2D eigenvalue weighted by Crippen LogP contribution is 2.41. The molecular weight excluding hydrogens is 464 g/mol. The summed E-state index contributed by atoms with van der Waals surface area (Å²) in [5, 5.41) is 15.5. The molecule has 0 aromatic carbocycles. The molecule has 2 aliphatic heterocycles. The Bertz CT molecular complexity index is 1170. The molecule has 2 N–H and O–H groups in total. The normalized spacial score (nSPS) is 24.3. The standard InChI is InChI=1S/C24H32N8O4/c1-15-10-20(35-3)25-13-19(15)21-24(36-23(34)29-28-21)6-4-17(5-7-24)11-16(2)27-22(33)31-8-9-32-18(14-31)12-26-30-32/h10,12-13,16-17H,4-9,11,14H2,1-3H3,(H,27,33)(H,29,34)/t16-,17?,24?/m0/s1. The number of aryl methyl sites for hydroxylation is 1. The zero-order valence-corrected chi connectivity index (χ0v) is 20.9. The number of hydrazone groups is 1. The maximum absolute atomic E-state index is 12.8. The van der Waals surface area contributed by atoms with E-state index in [4.69, 9.17) is 9.47 Å². The number of hydrogen-bond donors (Lipinski definition) is 2. The summed E-state index contributed by atoms with van der Waals surface area (Å²) in [7, 11) is 1.58. The van der Waals surface area contributed by atoms with Crippen molar-refractivity contribution in [2.75, 3.05) is 13.7 Å². The topological polar surface area (TPSA) is 136 Å². The minimum Gasteiger partial charge on any atom is -0.481 e. The van der Waals surface area contributed by atoms with Gasteiger partial charge in [-0.2, -0.15) is 5.10 Å². The second-order valence-electron chi connectivity index (χ2n) is 9.90. The fourth-order valence-corrected chi connectivity index (χ4v) is 5.48. The fourth-order valence-electron chi connectivity index (χ4n) is 5.48. The highest BCUT2D eigenvalue weighted by atomic mass is 16.6. The van der Waals surface area contributed by atoms with E-state index in [9.17, 15) is 9.59 Å². The maximum atomic E-state index is 12.8. The van der Waals surface area contributed by atoms with E-state index in [0.29, 0.717) is 50.0 Å². The smallest absolute Gasteiger partial charge is 0.428 e. The highest BCUT2D eigenvalue weighted by molar-refractivity contribution is 6.09. The molecule has 1 spiro atoms. The predicted octanol–water partition coefficient (Wildman–Crippen LogP) is 2.37. The molecular formula is C24H32N8O4. The monoisotopic (exact) mass is 496 g/mol. The molecule has 1 fully saturated rings. The first-order valence-corrected chi connectivity index (χ1v) is 12.4. The lowest BCUT2D eigenvalue weighted by Crippen LogP contribution is -2.53. The van der Waals surface area contributed by atoms with Crippen molar-refractivity contribution in [3.8, 4) is 5.88 Å². The van der Waals surface area contributed by atoms with Gasteiger partial charge in [-0.1, -0.05) is 5.21 Å². The summed E-state index contributed by atoms with van der Waals surface area (Å²) in [5.41, 5.74) is 5.12. The number of methoxy groups -OCH3 is 1. The summed E-state index contributed by atoms with van der Waals surface area (Å²) in [4.78, 5) is 31.1. The van der Waals surface area contributed by atoms with Crippen LogP contribution in [0.5, 0.6) is 5.88 Å². The van der Waals surface area contributed by atoms with E-state index >= 15 is 0 Å². The zero-order chi connectivity index (χ0) is 25.3.